The lowest BCUT2D eigenvalue weighted by Gasteiger charge is -2.21. The first-order chi connectivity index (χ1) is 7.35. The Morgan fingerprint density at radius 1 is 1.38 bits per heavy atom. The van der Waals surface area contributed by atoms with E-state index >= 15 is 0 Å². The summed E-state index contributed by atoms with van der Waals surface area (Å²) in [6, 6.07) is 2.95. The Hall–Kier alpha value is -1.29. The van der Waals surface area contributed by atoms with E-state index in [9.17, 15) is 13.6 Å². The molecule has 0 fully saturated rings. The van der Waals surface area contributed by atoms with Crippen LogP contribution >= 0.6 is 0 Å². The number of hydrogen-bond donors (Lipinski definition) is 1. The molecule has 0 aromatic heterocycles. The van der Waals surface area contributed by atoms with Gasteiger partial charge in [-0.25, -0.2) is 8.78 Å². The quantitative estimate of drug-likeness (QED) is 0.803. The molecule has 0 atom stereocenters. The van der Waals surface area contributed by atoms with E-state index in [1.165, 1.54) is 6.07 Å². The van der Waals surface area contributed by atoms with Crippen molar-refractivity contribution >= 4 is 5.78 Å². The summed E-state index contributed by atoms with van der Waals surface area (Å²) in [6.07, 6.45) is 0.145. The topological polar surface area (TPSA) is 43.1 Å². The van der Waals surface area contributed by atoms with Crippen LogP contribution in [0.15, 0.2) is 18.2 Å². The van der Waals surface area contributed by atoms with Gasteiger partial charge in [0.25, 0.3) is 0 Å². The zero-order chi connectivity index (χ0) is 12.3. The summed E-state index contributed by atoms with van der Waals surface area (Å²) >= 11 is 0. The van der Waals surface area contributed by atoms with Gasteiger partial charge < -0.3 is 5.73 Å². The Morgan fingerprint density at radius 3 is 2.50 bits per heavy atom. The highest BCUT2D eigenvalue weighted by atomic mass is 19.1. The monoisotopic (exact) mass is 227 g/mol. The summed E-state index contributed by atoms with van der Waals surface area (Å²) in [7, 11) is 0. The molecule has 0 amide bonds. The van der Waals surface area contributed by atoms with Crippen LogP contribution in [0.5, 0.6) is 0 Å². The van der Waals surface area contributed by atoms with Crippen molar-refractivity contribution in [2.24, 2.45) is 11.1 Å². The highest BCUT2D eigenvalue weighted by Crippen LogP contribution is 2.22. The van der Waals surface area contributed by atoms with Gasteiger partial charge in [0.15, 0.2) is 5.78 Å². The van der Waals surface area contributed by atoms with Gasteiger partial charge in [0.05, 0.1) is 5.56 Å². The Bertz CT molecular complexity index is 402. The molecule has 0 aliphatic rings. The van der Waals surface area contributed by atoms with Crippen LogP contribution < -0.4 is 5.73 Å². The molecule has 88 valence electrons. The molecule has 0 bridgehead atoms. The Morgan fingerprint density at radius 2 is 2.00 bits per heavy atom. The molecule has 0 spiro atoms. The van der Waals surface area contributed by atoms with Gasteiger partial charge in [0, 0.05) is 12.5 Å². The lowest BCUT2D eigenvalue weighted by molar-refractivity contribution is 0.0931. The molecule has 0 saturated carbocycles. The molecule has 2 nitrogen and oxygen atoms in total. The molecule has 1 rings (SSSR count). The Balaban J connectivity index is 2.89. The molecular formula is C12H15F2NO. The number of ketones is 1. The summed E-state index contributed by atoms with van der Waals surface area (Å²) in [5.41, 5.74) is 5.03. The van der Waals surface area contributed by atoms with Gasteiger partial charge in [-0.15, -0.1) is 0 Å². The highest BCUT2D eigenvalue weighted by Gasteiger charge is 2.22. The van der Waals surface area contributed by atoms with Gasteiger partial charge in [0.2, 0.25) is 0 Å². The molecule has 0 heterocycles. The number of Topliss-reactive ketones (excluding diaryl/α,β-unsaturated/α-hetero) is 1. The number of rotatable bonds is 4. The second-order valence-corrected chi connectivity index (χ2v) is 4.59. The lowest BCUT2D eigenvalue weighted by atomic mass is 9.85. The summed E-state index contributed by atoms with van der Waals surface area (Å²) < 4.78 is 25.9. The molecular weight excluding hydrogens is 212 g/mol. The van der Waals surface area contributed by atoms with E-state index < -0.39 is 11.6 Å². The first-order valence-corrected chi connectivity index (χ1v) is 5.04. The molecule has 4 heteroatoms. The molecule has 16 heavy (non-hydrogen) atoms. The summed E-state index contributed by atoms with van der Waals surface area (Å²) in [6.45, 7) is 3.99. The van der Waals surface area contributed by atoms with Crippen LogP contribution in [0.3, 0.4) is 0 Å². The third-order valence-corrected chi connectivity index (χ3v) is 2.42. The first kappa shape index (κ1) is 12.8. The number of carbonyl (C=O) groups is 1. The van der Waals surface area contributed by atoms with Crippen LogP contribution in [0.25, 0.3) is 0 Å². The van der Waals surface area contributed by atoms with Crippen LogP contribution in [-0.4, -0.2) is 12.3 Å². The van der Waals surface area contributed by atoms with E-state index in [0.29, 0.717) is 12.6 Å². The minimum atomic E-state index is -0.821. The van der Waals surface area contributed by atoms with Crippen molar-refractivity contribution in [1.29, 1.82) is 0 Å². The standard InChI is InChI=1S/C12H15F2NO/c1-12(2,7-15)6-11(16)9-4-3-8(13)5-10(9)14/h3-5H,6-7,15H2,1-2H3. The van der Waals surface area contributed by atoms with Crippen LogP contribution in [0, 0.1) is 17.0 Å². The van der Waals surface area contributed by atoms with Crippen LogP contribution in [-0.2, 0) is 0 Å². The first-order valence-electron chi connectivity index (χ1n) is 5.04. The van der Waals surface area contributed by atoms with Crippen LogP contribution in [0.4, 0.5) is 8.78 Å². The predicted molar refractivity (Wildman–Crippen MR) is 58.1 cm³/mol. The van der Waals surface area contributed by atoms with Gasteiger partial charge in [-0.1, -0.05) is 13.8 Å². The fraction of sp³-hybridized carbons (Fsp3) is 0.417. The van der Waals surface area contributed by atoms with Crippen molar-refractivity contribution < 1.29 is 13.6 Å². The zero-order valence-corrected chi connectivity index (χ0v) is 9.39. The molecule has 0 unspecified atom stereocenters. The van der Waals surface area contributed by atoms with Crippen molar-refractivity contribution in [1.82, 2.24) is 0 Å². The average Bonchev–Trinajstić information content (AvgIpc) is 2.16. The molecule has 1 aromatic rings. The zero-order valence-electron chi connectivity index (χ0n) is 9.39. The number of hydrogen-bond acceptors (Lipinski definition) is 2. The lowest BCUT2D eigenvalue weighted by Crippen LogP contribution is -2.27. The average molecular weight is 227 g/mol. The molecule has 1 aromatic carbocycles. The fourth-order valence-corrected chi connectivity index (χ4v) is 1.32. The van der Waals surface area contributed by atoms with Crippen molar-refractivity contribution in [3.63, 3.8) is 0 Å². The second kappa shape index (κ2) is 4.70. The molecule has 0 radical (unpaired) electrons. The van der Waals surface area contributed by atoms with Gasteiger partial charge in [-0.2, -0.15) is 0 Å². The normalized spacial score (nSPS) is 11.6. The predicted octanol–water partition coefficient (Wildman–Crippen LogP) is 2.52. The third kappa shape index (κ3) is 3.10. The van der Waals surface area contributed by atoms with Gasteiger partial charge in [-0.3, -0.25) is 4.79 Å². The molecule has 2 N–H and O–H groups in total. The van der Waals surface area contributed by atoms with E-state index in [4.69, 9.17) is 5.73 Å². The smallest absolute Gasteiger partial charge is 0.166 e. The minimum Gasteiger partial charge on any atom is -0.330 e. The Kier molecular flexibility index (Phi) is 3.75. The summed E-state index contributed by atoms with van der Waals surface area (Å²) in [5, 5.41) is 0. The van der Waals surface area contributed by atoms with Gasteiger partial charge in [0.1, 0.15) is 11.6 Å². The number of benzene rings is 1. The van der Waals surface area contributed by atoms with Crippen LogP contribution in [0.1, 0.15) is 30.6 Å². The highest BCUT2D eigenvalue weighted by molar-refractivity contribution is 5.96. The maximum absolute atomic E-state index is 13.3. The largest absolute Gasteiger partial charge is 0.330 e. The van der Waals surface area contributed by atoms with Crippen molar-refractivity contribution in [2.75, 3.05) is 6.54 Å². The summed E-state index contributed by atoms with van der Waals surface area (Å²) in [5.74, 6) is -1.86. The maximum atomic E-state index is 13.3. The molecule has 0 saturated heterocycles. The number of nitrogens with two attached hydrogens (primary N) is 1. The third-order valence-electron chi connectivity index (χ3n) is 2.42. The van der Waals surface area contributed by atoms with E-state index in [0.717, 1.165) is 6.07 Å². The number of carbonyl (C=O) groups excluding carboxylic acids is 1. The summed E-state index contributed by atoms with van der Waals surface area (Å²) in [4.78, 5) is 11.7. The molecule has 0 aliphatic carbocycles. The Labute approximate surface area is 93.5 Å². The van der Waals surface area contributed by atoms with E-state index in [1.54, 1.807) is 0 Å². The van der Waals surface area contributed by atoms with Crippen molar-refractivity contribution in [3.05, 3.63) is 35.4 Å². The fourth-order valence-electron chi connectivity index (χ4n) is 1.32. The van der Waals surface area contributed by atoms with Crippen LogP contribution in [0.2, 0.25) is 0 Å². The maximum Gasteiger partial charge on any atom is 0.166 e. The minimum absolute atomic E-state index is 0.0806. The van der Waals surface area contributed by atoms with Crippen molar-refractivity contribution in [2.45, 2.75) is 20.3 Å². The second-order valence-electron chi connectivity index (χ2n) is 4.59. The van der Waals surface area contributed by atoms with E-state index in [1.807, 2.05) is 13.8 Å². The van der Waals surface area contributed by atoms with E-state index in [-0.39, 0.29) is 23.2 Å². The van der Waals surface area contributed by atoms with Crippen molar-refractivity contribution in [3.8, 4) is 0 Å². The van der Waals surface area contributed by atoms with Gasteiger partial charge >= 0.3 is 0 Å². The van der Waals surface area contributed by atoms with E-state index in [2.05, 4.69) is 0 Å². The SMILES string of the molecule is CC(C)(CN)CC(=O)c1ccc(F)cc1F. The molecule has 0 aliphatic heterocycles. The number of halogens is 2. The van der Waals surface area contributed by atoms with Gasteiger partial charge in [-0.05, 0) is 24.1 Å².